The SMILES string of the molecule is CCOC(=O)CC(=P)C(=O)OCC. The highest BCUT2D eigenvalue weighted by Crippen LogP contribution is 1.96. The lowest BCUT2D eigenvalue weighted by atomic mass is 10.3. The lowest BCUT2D eigenvalue weighted by Gasteiger charge is -2.03. The molecule has 0 atom stereocenters. The van der Waals surface area contributed by atoms with E-state index in [0.717, 1.165) is 0 Å². The molecule has 0 saturated heterocycles. The summed E-state index contributed by atoms with van der Waals surface area (Å²) >= 11 is 0. The molecule has 0 saturated carbocycles. The van der Waals surface area contributed by atoms with Gasteiger partial charge in [-0.05, 0) is 13.8 Å². The van der Waals surface area contributed by atoms with Crippen molar-refractivity contribution in [2.75, 3.05) is 13.2 Å². The van der Waals surface area contributed by atoms with Crippen LogP contribution < -0.4 is 0 Å². The molecule has 0 bridgehead atoms. The second kappa shape index (κ2) is 6.61. The Kier molecular flexibility index (Phi) is 6.15. The molecule has 0 rings (SSSR count). The quantitative estimate of drug-likeness (QED) is 0.491. The molecule has 74 valence electrons. The van der Waals surface area contributed by atoms with Crippen molar-refractivity contribution in [3.8, 4) is 0 Å². The van der Waals surface area contributed by atoms with Crippen LogP contribution in [0, 0.1) is 0 Å². The largest absolute Gasteiger partial charge is 0.466 e. The Morgan fingerprint density at radius 3 is 2.15 bits per heavy atom. The van der Waals surface area contributed by atoms with Crippen molar-refractivity contribution in [1.82, 2.24) is 0 Å². The van der Waals surface area contributed by atoms with Crippen LogP contribution >= 0.6 is 8.86 Å². The number of carbonyl (C=O) groups excluding carboxylic acids is 2. The molecule has 0 spiro atoms. The zero-order chi connectivity index (χ0) is 10.3. The van der Waals surface area contributed by atoms with Crippen LogP contribution in [-0.2, 0) is 19.1 Å². The summed E-state index contributed by atoms with van der Waals surface area (Å²) in [4.78, 5) is 21.8. The third-order valence-electron chi connectivity index (χ3n) is 1.15. The van der Waals surface area contributed by atoms with Gasteiger partial charge in [0.2, 0.25) is 0 Å². The van der Waals surface area contributed by atoms with Crippen molar-refractivity contribution in [3.05, 3.63) is 0 Å². The number of ether oxygens (including phenoxy) is 2. The zero-order valence-corrected chi connectivity index (χ0v) is 8.75. The van der Waals surface area contributed by atoms with Crippen LogP contribution in [0.1, 0.15) is 20.3 Å². The van der Waals surface area contributed by atoms with Crippen LogP contribution in [-0.4, -0.2) is 30.4 Å². The Balaban J connectivity index is 3.86. The Morgan fingerprint density at radius 2 is 1.69 bits per heavy atom. The molecule has 0 amide bonds. The fourth-order valence-corrected chi connectivity index (χ4v) is 0.863. The van der Waals surface area contributed by atoms with E-state index in [1.165, 1.54) is 0 Å². The van der Waals surface area contributed by atoms with Gasteiger partial charge >= 0.3 is 11.9 Å². The molecule has 13 heavy (non-hydrogen) atoms. The van der Waals surface area contributed by atoms with Crippen molar-refractivity contribution in [1.29, 1.82) is 0 Å². The molecule has 0 radical (unpaired) electrons. The molecule has 0 heterocycles. The Hall–Kier alpha value is -0.890. The maximum atomic E-state index is 11.0. The molecular formula is C8H13O4P. The molecule has 0 aromatic heterocycles. The molecule has 0 fully saturated rings. The molecule has 0 aliphatic carbocycles. The van der Waals surface area contributed by atoms with Gasteiger partial charge in [0.15, 0.2) is 0 Å². The van der Waals surface area contributed by atoms with Gasteiger partial charge in [-0.25, -0.2) is 4.79 Å². The second-order valence-electron chi connectivity index (χ2n) is 2.18. The minimum atomic E-state index is -0.521. The molecule has 0 aromatic carbocycles. The number of hydrogen-bond donors (Lipinski definition) is 0. The summed E-state index contributed by atoms with van der Waals surface area (Å²) in [7, 11) is 3.01. The number of carbonyl (C=O) groups is 2. The predicted octanol–water partition coefficient (Wildman–Crippen LogP) is 0.818. The zero-order valence-electron chi connectivity index (χ0n) is 7.75. The van der Waals surface area contributed by atoms with Crippen LogP contribution in [0.15, 0.2) is 0 Å². The summed E-state index contributed by atoms with van der Waals surface area (Å²) in [5.41, 5.74) is 0. The summed E-state index contributed by atoms with van der Waals surface area (Å²) in [5.74, 6) is -0.965. The number of rotatable bonds is 5. The average molecular weight is 204 g/mol. The molecule has 0 unspecified atom stereocenters. The third kappa shape index (κ3) is 5.36. The average Bonchev–Trinajstić information content (AvgIpc) is 2.05. The standard InChI is InChI=1S/C8H13O4P/c1-3-11-7(9)5-6(13)8(10)12-4-2/h13H,3-5H2,1-2H3. The molecule has 0 aliphatic rings. The molecule has 5 heteroatoms. The van der Waals surface area contributed by atoms with E-state index in [0.29, 0.717) is 6.61 Å². The van der Waals surface area contributed by atoms with E-state index in [2.05, 4.69) is 18.3 Å². The maximum absolute atomic E-state index is 11.0. The van der Waals surface area contributed by atoms with Gasteiger partial charge < -0.3 is 9.47 Å². The minimum Gasteiger partial charge on any atom is -0.466 e. The highest BCUT2D eigenvalue weighted by Gasteiger charge is 2.13. The van der Waals surface area contributed by atoms with Crippen LogP contribution in [0.3, 0.4) is 0 Å². The molecule has 4 nitrogen and oxygen atoms in total. The van der Waals surface area contributed by atoms with Crippen LogP contribution in [0.5, 0.6) is 0 Å². The molecule has 0 aliphatic heterocycles. The summed E-state index contributed by atoms with van der Waals surface area (Å²) in [6.45, 7) is 3.99. The van der Waals surface area contributed by atoms with Crippen molar-refractivity contribution >= 4 is 26.1 Å². The van der Waals surface area contributed by atoms with Gasteiger partial charge in [0, 0.05) is 0 Å². The van der Waals surface area contributed by atoms with E-state index in [-0.39, 0.29) is 18.3 Å². The lowest BCUT2D eigenvalue weighted by molar-refractivity contribution is -0.143. The Labute approximate surface area is 79.4 Å². The van der Waals surface area contributed by atoms with E-state index in [4.69, 9.17) is 0 Å². The van der Waals surface area contributed by atoms with Gasteiger partial charge in [-0.2, -0.15) is 0 Å². The van der Waals surface area contributed by atoms with E-state index in [1.807, 2.05) is 0 Å². The van der Waals surface area contributed by atoms with Gasteiger partial charge in [0.05, 0.1) is 24.9 Å². The second-order valence-corrected chi connectivity index (χ2v) is 2.78. The number of hydrogen-bond acceptors (Lipinski definition) is 4. The van der Waals surface area contributed by atoms with E-state index >= 15 is 0 Å². The first-order valence-corrected chi connectivity index (χ1v) is 4.52. The highest BCUT2D eigenvalue weighted by atomic mass is 31.0. The molecule has 0 N–H and O–H groups in total. The van der Waals surface area contributed by atoms with Gasteiger partial charge in [-0.3, -0.25) is 4.79 Å². The maximum Gasteiger partial charge on any atom is 0.338 e. The van der Waals surface area contributed by atoms with Gasteiger partial charge in [-0.1, -0.05) is 0 Å². The van der Waals surface area contributed by atoms with Gasteiger partial charge in [-0.15, -0.1) is 8.86 Å². The first-order chi connectivity index (χ1) is 6.11. The van der Waals surface area contributed by atoms with E-state index < -0.39 is 11.9 Å². The minimum absolute atomic E-state index is 0.0798. The van der Waals surface area contributed by atoms with Crippen molar-refractivity contribution in [2.24, 2.45) is 0 Å². The monoisotopic (exact) mass is 204 g/mol. The van der Waals surface area contributed by atoms with Gasteiger partial charge in [0.1, 0.15) is 0 Å². The fraction of sp³-hybridized carbons (Fsp3) is 0.625. The number of esters is 2. The van der Waals surface area contributed by atoms with Crippen molar-refractivity contribution in [3.63, 3.8) is 0 Å². The van der Waals surface area contributed by atoms with Crippen molar-refractivity contribution in [2.45, 2.75) is 20.3 Å². The van der Waals surface area contributed by atoms with E-state index in [1.54, 1.807) is 13.8 Å². The summed E-state index contributed by atoms with van der Waals surface area (Å²) in [5, 5.41) is 0.181. The first kappa shape index (κ1) is 12.1. The Bertz CT molecular complexity index is 212. The van der Waals surface area contributed by atoms with Crippen molar-refractivity contribution < 1.29 is 19.1 Å². The normalized spacial score (nSPS) is 9.08. The first-order valence-electron chi connectivity index (χ1n) is 4.02. The smallest absolute Gasteiger partial charge is 0.338 e. The van der Waals surface area contributed by atoms with Gasteiger partial charge in [0.25, 0.3) is 0 Å². The predicted molar refractivity (Wildman–Crippen MR) is 51.2 cm³/mol. The topological polar surface area (TPSA) is 52.6 Å². The van der Waals surface area contributed by atoms with Crippen LogP contribution in [0.25, 0.3) is 0 Å². The third-order valence-corrected chi connectivity index (χ3v) is 1.53. The van der Waals surface area contributed by atoms with Crippen LogP contribution in [0.2, 0.25) is 0 Å². The van der Waals surface area contributed by atoms with Crippen LogP contribution in [0.4, 0.5) is 0 Å². The fourth-order valence-electron chi connectivity index (χ4n) is 0.647. The summed E-state index contributed by atoms with van der Waals surface area (Å²) in [6.07, 6.45) is -0.0798. The molecular weight excluding hydrogens is 191 g/mol. The summed E-state index contributed by atoms with van der Waals surface area (Å²) < 4.78 is 9.29. The Morgan fingerprint density at radius 1 is 1.15 bits per heavy atom. The van der Waals surface area contributed by atoms with E-state index in [9.17, 15) is 9.59 Å². The highest BCUT2D eigenvalue weighted by molar-refractivity contribution is 7.25. The summed E-state index contributed by atoms with van der Waals surface area (Å²) in [6, 6.07) is 0. The lowest BCUT2D eigenvalue weighted by Crippen LogP contribution is -2.19. The molecule has 0 aromatic rings.